The molecule has 0 aromatic carbocycles. The van der Waals surface area contributed by atoms with Crippen LogP contribution < -0.4 is 9.62 Å². The molecule has 0 saturated carbocycles. The zero-order chi connectivity index (χ0) is 17.0. The lowest BCUT2D eigenvalue weighted by Gasteiger charge is -2.36. The predicted octanol–water partition coefficient (Wildman–Crippen LogP) is 1.90. The van der Waals surface area contributed by atoms with Crippen molar-refractivity contribution in [2.45, 2.75) is 31.7 Å². The average molecular weight is 368 g/mol. The molecule has 1 saturated heterocycles. The molecule has 1 unspecified atom stereocenters. The highest BCUT2D eigenvalue weighted by molar-refractivity contribution is 7.88. The van der Waals surface area contributed by atoms with Crippen molar-refractivity contribution in [1.29, 1.82) is 0 Å². The summed E-state index contributed by atoms with van der Waals surface area (Å²) in [4.78, 5) is 15.5. The molecule has 0 radical (unpaired) electrons. The first kappa shape index (κ1) is 17.2. The minimum absolute atomic E-state index is 0.284. The average Bonchev–Trinajstić information content (AvgIpc) is 3.09. The van der Waals surface area contributed by atoms with Crippen molar-refractivity contribution in [3.8, 4) is 10.8 Å². The molecule has 3 rings (SSSR count). The third kappa shape index (κ3) is 4.49. The van der Waals surface area contributed by atoms with Crippen LogP contribution in [0.25, 0.3) is 10.8 Å². The minimum atomic E-state index is -3.14. The van der Waals surface area contributed by atoms with Crippen LogP contribution in [0.5, 0.6) is 0 Å². The predicted molar refractivity (Wildman–Crippen MR) is 95.6 cm³/mol. The Labute approximate surface area is 146 Å². The smallest absolute Gasteiger partial charge is 0.208 e. The van der Waals surface area contributed by atoms with Gasteiger partial charge in [0.2, 0.25) is 10.0 Å². The maximum atomic E-state index is 11.2. The summed E-state index contributed by atoms with van der Waals surface area (Å²) >= 11 is 1.52. The number of hydrogen-bond donors (Lipinski definition) is 1. The Balaban J connectivity index is 1.74. The summed E-state index contributed by atoms with van der Waals surface area (Å²) in [6.07, 6.45) is 8.79. The largest absolute Gasteiger partial charge is 0.353 e. The van der Waals surface area contributed by atoms with E-state index >= 15 is 0 Å². The molecule has 2 aromatic heterocycles. The van der Waals surface area contributed by atoms with Gasteiger partial charge in [0.25, 0.3) is 0 Å². The number of sulfonamides is 1. The van der Waals surface area contributed by atoms with Gasteiger partial charge in [-0.3, -0.25) is 0 Å². The fourth-order valence-corrected chi connectivity index (χ4v) is 4.02. The number of nitrogens with zero attached hydrogens (tertiary/aromatic N) is 4. The van der Waals surface area contributed by atoms with Gasteiger partial charge in [-0.05, 0) is 31.7 Å². The second-order valence-corrected chi connectivity index (χ2v) is 8.60. The van der Waals surface area contributed by atoms with E-state index in [-0.39, 0.29) is 6.04 Å². The van der Waals surface area contributed by atoms with Gasteiger partial charge >= 0.3 is 0 Å². The van der Waals surface area contributed by atoms with Gasteiger partial charge in [-0.2, -0.15) is 0 Å². The molecule has 0 spiro atoms. The van der Waals surface area contributed by atoms with Gasteiger partial charge < -0.3 is 4.90 Å². The van der Waals surface area contributed by atoms with Crippen LogP contribution in [0.1, 0.15) is 25.7 Å². The molecule has 3 heterocycles. The molecule has 24 heavy (non-hydrogen) atoms. The summed E-state index contributed by atoms with van der Waals surface area (Å²) in [6, 6.07) is 2.20. The van der Waals surface area contributed by atoms with Crippen LogP contribution in [0.4, 0.5) is 5.82 Å². The maximum Gasteiger partial charge on any atom is 0.208 e. The lowest BCUT2D eigenvalue weighted by molar-refractivity contribution is 0.434. The van der Waals surface area contributed by atoms with Gasteiger partial charge in [0.05, 0.1) is 6.26 Å². The van der Waals surface area contributed by atoms with Crippen LogP contribution in [0.15, 0.2) is 23.8 Å². The van der Waals surface area contributed by atoms with E-state index in [0.717, 1.165) is 43.1 Å². The van der Waals surface area contributed by atoms with Gasteiger partial charge in [0.15, 0.2) is 10.8 Å². The van der Waals surface area contributed by atoms with Crippen molar-refractivity contribution < 1.29 is 8.42 Å². The second kappa shape index (κ2) is 7.54. The first-order valence-electron chi connectivity index (χ1n) is 7.97. The Bertz CT molecular complexity index is 764. The first-order valence-corrected chi connectivity index (χ1v) is 10.7. The zero-order valence-electron chi connectivity index (χ0n) is 13.6. The van der Waals surface area contributed by atoms with E-state index in [0.29, 0.717) is 12.4 Å². The van der Waals surface area contributed by atoms with Crippen LogP contribution in [-0.4, -0.2) is 48.8 Å². The third-order valence-corrected chi connectivity index (χ3v) is 5.53. The van der Waals surface area contributed by atoms with Crippen molar-refractivity contribution in [3.05, 3.63) is 23.8 Å². The number of thiazole rings is 1. The summed E-state index contributed by atoms with van der Waals surface area (Å²) in [5, 5.41) is 2.72. The van der Waals surface area contributed by atoms with Crippen LogP contribution in [-0.2, 0) is 10.0 Å². The summed E-state index contributed by atoms with van der Waals surface area (Å²) in [5.41, 5.74) is 0. The molecule has 1 aliphatic rings. The minimum Gasteiger partial charge on any atom is -0.353 e. The third-order valence-electron chi connectivity index (χ3n) is 4.03. The fourth-order valence-electron chi connectivity index (χ4n) is 2.96. The normalized spacial score (nSPS) is 18.7. The molecule has 2 aromatic rings. The molecular weight excluding hydrogens is 346 g/mol. The number of rotatable bonds is 6. The molecule has 130 valence electrons. The van der Waals surface area contributed by atoms with Gasteiger partial charge in [-0.1, -0.05) is 0 Å². The standard InChI is InChI=1S/C15H21N5O2S2/c1-24(21,22)18-8-5-12-4-2-3-10-20(12)13-6-7-16-14(19-13)15-17-9-11-23-15/h6-7,9,11-12,18H,2-5,8,10H2,1H3. The van der Waals surface area contributed by atoms with E-state index in [2.05, 4.69) is 24.6 Å². The van der Waals surface area contributed by atoms with E-state index in [1.165, 1.54) is 17.6 Å². The number of anilines is 1. The lowest BCUT2D eigenvalue weighted by atomic mass is 9.99. The lowest BCUT2D eigenvalue weighted by Crippen LogP contribution is -2.42. The Morgan fingerprint density at radius 3 is 2.96 bits per heavy atom. The molecule has 0 bridgehead atoms. The van der Waals surface area contributed by atoms with Crippen LogP contribution in [0, 0.1) is 0 Å². The zero-order valence-corrected chi connectivity index (χ0v) is 15.2. The fraction of sp³-hybridized carbons (Fsp3) is 0.533. The van der Waals surface area contributed by atoms with Crippen LogP contribution >= 0.6 is 11.3 Å². The van der Waals surface area contributed by atoms with E-state index in [4.69, 9.17) is 0 Å². The summed E-state index contributed by atoms with van der Waals surface area (Å²) < 4.78 is 25.1. The molecule has 1 atom stereocenters. The Kier molecular flexibility index (Phi) is 5.42. The van der Waals surface area contributed by atoms with E-state index in [1.807, 2.05) is 11.4 Å². The molecule has 1 aliphatic heterocycles. The number of piperidine rings is 1. The number of hydrogen-bond acceptors (Lipinski definition) is 7. The molecule has 0 aliphatic carbocycles. The van der Waals surface area contributed by atoms with Crippen LogP contribution in [0.2, 0.25) is 0 Å². The summed E-state index contributed by atoms with van der Waals surface area (Å²) in [6.45, 7) is 1.38. The molecular formula is C15H21N5O2S2. The van der Waals surface area contributed by atoms with Crippen LogP contribution in [0.3, 0.4) is 0 Å². The van der Waals surface area contributed by atoms with Gasteiger partial charge in [-0.25, -0.2) is 28.1 Å². The van der Waals surface area contributed by atoms with Crippen molar-refractivity contribution in [3.63, 3.8) is 0 Å². The monoisotopic (exact) mass is 367 g/mol. The van der Waals surface area contributed by atoms with Crippen molar-refractivity contribution in [2.24, 2.45) is 0 Å². The maximum absolute atomic E-state index is 11.2. The topological polar surface area (TPSA) is 88.1 Å². The van der Waals surface area contributed by atoms with E-state index < -0.39 is 10.0 Å². The quantitative estimate of drug-likeness (QED) is 0.839. The summed E-state index contributed by atoms with van der Waals surface area (Å²) in [7, 11) is -3.14. The molecule has 0 amide bonds. The highest BCUT2D eigenvalue weighted by Crippen LogP contribution is 2.26. The van der Waals surface area contributed by atoms with Gasteiger partial charge in [0, 0.05) is 36.9 Å². The second-order valence-electron chi connectivity index (χ2n) is 5.87. The van der Waals surface area contributed by atoms with E-state index in [9.17, 15) is 8.42 Å². The van der Waals surface area contributed by atoms with Gasteiger partial charge in [-0.15, -0.1) is 11.3 Å². The highest BCUT2D eigenvalue weighted by atomic mass is 32.2. The number of aromatic nitrogens is 3. The first-order chi connectivity index (χ1) is 11.5. The highest BCUT2D eigenvalue weighted by Gasteiger charge is 2.24. The van der Waals surface area contributed by atoms with Crippen molar-refractivity contribution in [2.75, 3.05) is 24.2 Å². The Hall–Kier alpha value is -1.58. The molecule has 7 nitrogen and oxygen atoms in total. The SMILES string of the molecule is CS(=O)(=O)NCCC1CCCCN1c1ccnc(-c2nccs2)n1. The molecule has 9 heteroatoms. The van der Waals surface area contributed by atoms with Crippen molar-refractivity contribution in [1.82, 2.24) is 19.7 Å². The van der Waals surface area contributed by atoms with E-state index in [1.54, 1.807) is 12.4 Å². The van der Waals surface area contributed by atoms with Gasteiger partial charge in [0.1, 0.15) is 5.82 Å². The van der Waals surface area contributed by atoms with Crippen molar-refractivity contribution >= 4 is 27.2 Å². The number of nitrogens with one attached hydrogen (secondary N) is 1. The molecule has 1 fully saturated rings. The molecule has 1 N–H and O–H groups in total. The Morgan fingerprint density at radius 1 is 1.33 bits per heavy atom. The Morgan fingerprint density at radius 2 is 2.21 bits per heavy atom. The summed E-state index contributed by atoms with van der Waals surface area (Å²) in [5.74, 6) is 1.53.